The lowest BCUT2D eigenvalue weighted by Crippen LogP contribution is -2.09. The molecule has 0 saturated heterocycles. The lowest BCUT2D eigenvalue weighted by Gasteiger charge is -2.05. The van der Waals surface area contributed by atoms with Gasteiger partial charge in [0.05, 0.1) is 4.88 Å². The van der Waals surface area contributed by atoms with Crippen molar-refractivity contribution in [3.05, 3.63) is 50.6 Å². The van der Waals surface area contributed by atoms with Crippen LogP contribution in [-0.4, -0.2) is 5.91 Å². The van der Waals surface area contributed by atoms with E-state index < -0.39 is 0 Å². The zero-order valence-corrected chi connectivity index (χ0v) is 13.3. The largest absolute Gasteiger partial charge is 0.321 e. The molecule has 0 aliphatic heterocycles. The van der Waals surface area contributed by atoms with Crippen LogP contribution in [0.3, 0.4) is 0 Å². The molecule has 96 valence electrons. The Hall–Kier alpha value is -1.17. The monoisotopic (exact) mass is 351 g/mol. The first-order valence-corrected chi connectivity index (χ1v) is 8.17. The number of aryl methyl sites for hydroxylation is 1. The topological polar surface area (TPSA) is 29.1 Å². The van der Waals surface area contributed by atoms with Crippen LogP contribution in [0.15, 0.2) is 40.2 Å². The minimum atomic E-state index is -0.0517. The maximum atomic E-state index is 12.2. The molecule has 1 amide bonds. The van der Waals surface area contributed by atoms with Gasteiger partial charge in [-0.05, 0) is 42.1 Å². The molecule has 2 aromatic heterocycles. The van der Waals surface area contributed by atoms with E-state index in [-0.39, 0.29) is 5.91 Å². The van der Waals surface area contributed by atoms with Crippen molar-refractivity contribution in [2.45, 2.75) is 6.92 Å². The van der Waals surface area contributed by atoms with Gasteiger partial charge >= 0.3 is 0 Å². The second-order valence-electron chi connectivity index (χ2n) is 4.18. The molecule has 2 nitrogen and oxygen atoms in total. The molecule has 0 saturated carbocycles. The maximum Gasteiger partial charge on any atom is 0.265 e. The first-order valence-electron chi connectivity index (χ1n) is 5.68. The van der Waals surface area contributed by atoms with Crippen LogP contribution in [0.4, 0.5) is 5.69 Å². The number of anilines is 1. The average molecular weight is 352 g/mol. The van der Waals surface area contributed by atoms with Crippen molar-refractivity contribution in [1.82, 2.24) is 0 Å². The molecule has 0 aliphatic carbocycles. The minimum absolute atomic E-state index is 0.0517. The lowest BCUT2D eigenvalue weighted by atomic mass is 10.2. The normalized spacial score (nSPS) is 10.8. The first-order chi connectivity index (χ1) is 9.13. The van der Waals surface area contributed by atoms with Gasteiger partial charge in [-0.3, -0.25) is 4.79 Å². The molecule has 3 aromatic rings. The van der Waals surface area contributed by atoms with Crippen molar-refractivity contribution in [3.8, 4) is 0 Å². The van der Waals surface area contributed by atoms with E-state index in [9.17, 15) is 4.79 Å². The Morgan fingerprint density at radius 1 is 1.21 bits per heavy atom. The third-order valence-electron chi connectivity index (χ3n) is 2.79. The van der Waals surface area contributed by atoms with Gasteiger partial charge in [-0.1, -0.05) is 22.0 Å². The molecule has 0 radical (unpaired) electrons. The number of thiophene rings is 2. The quantitative estimate of drug-likeness (QED) is 0.667. The van der Waals surface area contributed by atoms with Crippen LogP contribution >= 0.6 is 38.6 Å². The lowest BCUT2D eigenvalue weighted by molar-refractivity contribution is 0.103. The second-order valence-corrected chi connectivity index (χ2v) is 7.06. The number of rotatable bonds is 2. The summed E-state index contributed by atoms with van der Waals surface area (Å²) in [5.41, 5.74) is 1.95. The van der Waals surface area contributed by atoms with Crippen LogP contribution in [0.2, 0.25) is 0 Å². The Bertz CT molecular complexity index is 731. The van der Waals surface area contributed by atoms with Crippen molar-refractivity contribution in [1.29, 1.82) is 0 Å². The Morgan fingerprint density at radius 3 is 2.79 bits per heavy atom. The van der Waals surface area contributed by atoms with Crippen molar-refractivity contribution >= 4 is 59.6 Å². The van der Waals surface area contributed by atoms with Crippen LogP contribution in [0, 0.1) is 6.92 Å². The third-order valence-corrected chi connectivity index (χ3v) is 5.74. The summed E-state index contributed by atoms with van der Waals surface area (Å²) in [7, 11) is 0. The predicted octanol–water partition coefficient (Wildman–Crippen LogP) is 5.29. The number of amides is 1. The van der Waals surface area contributed by atoms with Crippen LogP contribution in [-0.2, 0) is 0 Å². The zero-order chi connectivity index (χ0) is 13.4. The van der Waals surface area contributed by atoms with Gasteiger partial charge < -0.3 is 5.32 Å². The maximum absolute atomic E-state index is 12.2. The highest BCUT2D eigenvalue weighted by molar-refractivity contribution is 9.10. The summed E-state index contributed by atoms with van der Waals surface area (Å²) in [5.74, 6) is -0.0517. The van der Waals surface area contributed by atoms with E-state index in [1.54, 1.807) is 11.3 Å². The molecule has 3 rings (SSSR count). The molecule has 0 bridgehead atoms. The highest BCUT2D eigenvalue weighted by atomic mass is 79.9. The zero-order valence-electron chi connectivity index (χ0n) is 10.1. The van der Waals surface area contributed by atoms with Crippen LogP contribution in [0.5, 0.6) is 0 Å². The van der Waals surface area contributed by atoms with E-state index in [4.69, 9.17) is 0 Å². The van der Waals surface area contributed by atoms with Crippen molar-refractivity contribution in [3.63, 3.8) is 0 Å². The molecule has 0 spiro atoms. The van der Waals surface area contributed by atoms with Gasteiger partial charge in [-0.2, -0.15) is 0 Å². The number of carbonyl (C=O) groups is 1. The predicted molar refractivity (Wildman–Crippen MR) is 86.5 cm³/mol. The average Bonchev–Trinajstić information content (AvgIpc) is 2.94. The highest BCUT2D eigenvalue weighted by Crippen LogP contribution is 2.30. The number of fused-ring (bicyclic) bond motifs is 1. The van der Waals surface area contributed by atoms with Crippen molar-refractivity contribution in [2.75, 3.05) is 5.32 Å². The SMILES string of the molecule is Cc1ccc(NC(=O)c2cc3sccc3s2)cc1Br. The molecule has 2 heterocycles. The van der Waals surface area contributed by atoms with E-state index in [0.29, 0.717) is 0 Å². The van der Waals surface area contributed by atoms with Crippen molar-refractivity contribution in [2.24, 2.45) is 0 Å². The van der Waals surface area contributed by atoms with Gasteiger partial charge in [0, 0.05) is 19.6 Å². The standard InChI is InChI=1S/C14H10BrNOS2/c1-8-2-3-9(6-10(8)15)16-14(17)13-7-12-11(19-13)4-5-18-12/h2-7H,1H3,(H,16,17). The second kappa shape index (κ2) is 5.07. The van der Waals surface area contributed by atoms with Gasteiger partial charge in [-0.25, -0.2) is 0 Å². The van der Waals surface area contributed by atoms with Gasteiger partial charge in [0.25, 0.3) is 5.91 Å². The van der Waals surface area contributed by atoms with Gasteiger partial charge in [-0.15, -0.1) is 22.7 Å². The number of benzene rings is 1. The van der Waals surface area contributed by atoms with Crippen LogP contribution < -0.4 is 5.32 Å². The summed E-state index contributed by atoms with van der Waals surface area (Å²) in [6.07, 6.45) is 0. The molecule has 0 aliphatic rings. The fourth-order valence-electron chi connectivity index (χ4n) is 1.74. The summed E-state index contributed by atoms with van der Waals surface area (Å²) in [6, 6.07) is 9.80. The Kier molecular flexibility index (Phi) is 3.43. The summed E-state index contributed by atoms with van der Waals surface area (Å²) in [6.45, 7) is 2.02. The molecule has 1 aromatic carbocycles. The van der Waals surface area contributed by atoms with E-state index >= 15 is 0 Å². The minimum Gasteiger partial charge on any atom is -0.321 e. The highest BCUT2D eigenvalue weighted by Gasteiger charge is 2.11. The van der Waals surface area contributed by atoms with E-state index in [2.05, 4.69) is 21.2 Å². The Morgan fingerprint density at radius 2 is 2.05 bits per heavy atom. The first kappa shape index (κ1) is 12.8. The molecule has 5 heteroatoms. The number of nitrogens with one attached hydrogen (secondary N) is 1. The van der Waals surface area contributed by atoms with Gasteiger partial charge in [0.1, 0.15) is 0 Å². The molecular weight excluding hydrogens is 342 g/mol. The Balaban J connectivity index is 1.84. The van der Waals surface area contributed by atoms with Crippen LogP contribution in [0.25, 0.3) is 9.40 Å². The smallest absolute Gasteiger partial charge is 0.265 e. The summed E-state index contributed by atoms with van der Waals surface area (Å²) >= 11 is 6.65. The molecule has 19 heavy (non-hydrogen) atoms. The molecule has 0 atom stereocenters. The van der Waals surface area contributed by atoms with E-state index in [1.807, 2.05) is 42.6 Å². The number of hydrogen-bond acceptors (Lipinski definition) is 3. The molecular formula is C14H10BrNOS2. The van der Waals surface area contributed by atoms with E-state index in [0.717, 1.165) is 20.6 Å². The number of hydrogen-bond donors (Lipinski definition) is 1. The summed E-state index contributed by atoms with van der Waals surface area (Å²) in [5, 5.41) is 4.96. The van der Waals surface area contributed by atoms with E-state index in [1.165, 1.54) is 20.7 Å². The Labute approximate surface area is 127 Å². The van der Waals surface area contributed by atoms with Crippen LogP contribution in [0.1, 0.15) is 15.2 Å². The molecule has 0 unspecified atom stereocenters. The third kappa shape index (κ3) is 2.59. The summed E-state index contributed by atoms with van der Waals surface area (Å²) in [4.78, 5) is 12.9. The number of halogens is 1. The number of carbonyl (C=O) groups excluding carboxylic acids is 1. The van der Waals surface area contributed by atoms with Crippen molar-refractivity contribution < 1.29 is 4.79 Å². The van der Waals surface area contributed by atoms with Gasteiger partial charge in [0.15, 0.2) is 0 Å². The summed E-state index contributed by atoms with van der Waals surface area (Å²) < 4.78 is 3.33. The fraction of sp³-hybridized carbons (Fsp3) is 0.0714. The van der Waals surface area contributed by atoms with Gasteiger partial charge in [0.2, 0.25) is 0 Å². The fourth-order valence-corrected chi connectivity index (χ4v) is 4.12. The molecule has 0 fully saturated rings. The molecule has 1 N–H and O–H groups in total.